The maximum Gasteiger partial charge on any atom is 0.125 e. The van der Waals surface area contributed by atoms with Gasteiger partial charge in [-0.15, -0.1) is 0 Å². The molecular weight excluding hydrogens is 174 g/mol. The number of hydrogen-bond donors (Lipinski definition) is 2. The van der Waals surface area contributed by atoms with Gasteiger partial charge in [-0.1, -0.05) is 12.1 Å². The summed E-state index contributed by atoms with van der Waals surface area (Å²) < 4.78 is 0. The van der Waals surface area contributed by atoms with Crippen LogP contribution in [0.1, 0.15) is 11.1 Å². The smallest absolute Gasteiger partial charge is 0.125 e. The molecule has 2 aromatic rings. The number of hydrogen-bond acceptors (Lipinski definition) is 2. The Kier molecular flexibility index (Phi) is 1.93. The van der Waals surface area contributed by atoms with Crippen LogP contribution in [0.25, 0.3) is 10.9 Å². The van der Waals surface area contributed by atoms with Gasteiger partial charge in [-0.2, -0.15) is 0 Å². The fraction of sp³-hybridized carbons (Fsp3) is 0.0909. The lowest BCUT2D eigenvalue weighted by molar-refractivity contribution is 1.32. The van der Waals surface area contributed by atoms with E-state index in [2.05, 4.69) is 4.98 Å². The summed E-state index contributed by atoms with van der Waals surface area (Å²) >= 11 is 0. The molecule has 0 fully saturated rings. The molecule has 1 aromatic carbocycles. The van der Waals surface area contributed by atoms with Gasteiger partial charge in [-0.05, 0) is 24.6 Å². The van der Waals surface area contributed by atoms with Crippen molar-refractivity contribution in [2.24, 2.45) is 5.73 Å². The fourth-order valence-electron chi connectivity index (χ4n) is 1.49. The number of nitrogens with two attached hydrogens (primary N) is 1. The van der Waals surface area contributed by atoms with Crippen molar-refractivity contribution < 1.29 is 0 Å². The molecule has 0 unspecified atom stereocenters. The number of amidine groups is 1. The molecule has 2 rings (SSSR count). The van der Waals surface area contributed by atoms with E-state index >= 15 is 0 Å². The molecule has 0 atom stereocenters. The largest absolute Gasteiger partial charge is 0.384 e. The lowest BCUT2D eigenvalue weighted by Gasteiger charge is -2.03. The van der Waals surface area contributed by atoms with Crippen molar-refractivity contribution in [3.63, 3.8) is 0 Å². The van der Waals surface area contributed by atoms with Gasteiger partial charge in [-0.25, -0.2) is 0 Å². The zero-order valence-electron chi connectivity index (χ0n) is 7.91. The molecule has 0 spiro atoms. The summed E-state index contributed by atoms with van der Waals surface area (Å²) in [6.07, 6.45) is 1.79. The van der Waals surface area contributed by atoms with E-state index in [0.29, 0.717) is 5.56 Å². The molecule has 0 aliphatic carbocycles. The summed E-state index contributed by atoms with van der Waals surface area (Å²) in [5, 5.41) is 8.43. The molecule has 0 saturated heterocycles. The van der Waals surface area contributed by atoms with E-state index in [4.69, 9.17) is 11.1 Å². The maximum atomic E-state index is 7.41. The highest BCUT2D eigenvalue weighted by Gasteiger charge is 2.03. The fourth-order valence-corrected chi connectivity index (χ4v) is 1.49. The van der Waals surface area contributed by atoms with Gasteiger partial charge in [-0.3, -0.25) is 10.4 Å². The predicted molar refractivity (Wildman–Crippen MR) is 57.5 cm³/mol. The standard InChI is InChI=1S/C11H11N3/c1-7-5-8-3-2-4-9(11(12)13)10(8)14-6-7/h2-6H,1H3,(H3,12,13). The molecule has 1 heterocycles. The van der Waals surface area contributed by atoms with Crippen LogP contribution in [0.15, 0.2) is 30.5 Å². The van der Waals surface area contributed by atoms with E-state index < -0.39 is 0 Å². The summed E-state index contributed by atoms with van der Waals surface area (Å²) in [6.45, 7) is 1.99. The second-order valence-electron chi connectivity index (χ2n) is 3.30. The van der Waals surface area contributed by atoms with Gasteiger partial charge in [0, 0.05) is 17.1 Å². The number of nitrogen functional groups attached to an aromatic ring is 1. The number of pyridine rings is 1. The maximum absolute atomic E-state index is 7.41. The van der Waals surface area contributed by atoms with E-state index in [9.17, 15) is 0 Å². The van der Waals surface area contributed by atoms with Crippen LogP contribution in [0.5, 0.6) is 0 Å². The zero-order chi connectivity index (χ0) is 10.1. The Bertz CT molecular complexity index is 503. The molecule has 0 aliphatic rings. The van der Waals surface area contributed by atoms with Crippen LogP contribution in [-0.4, -0.2) is 10.8 Å². The normalized spacial score (nSPS) is 10.4. The second kappa shape index (κ2) is 3.10. The van der Waals surface area contributed by atoms with E-state index in [0.717, 1.165) is 16.5 Å². The lowest BCUT2D eigenvalue weighted by Crippen LogP contribution is -2.11. The average molecular weight is 185 g/mol. The molecule has 1 aromatic heterocycles. The highest BCUT2D eigenvalue weighted by molar-refractivity contribution is 6.05. The van der Waals surface area contributed by atoms with Gasteiger partial charge in [0.2, 0.25) is 0 Å². The summed E-state index contributed by atoms with van der Waals surface area (Å²) in [5.41, 5.74) is 8.06. The van der Waals surface area contributed by atoms with Crippen molar-refractivity contribution in [3.8, 4) is 0 Å². The molecule has 3 N–H and O–H groups in total. The van der Waals surface area contributed by atoms with Crippen molar-refractivity contribution in [1.29, 1.82) is 5.41 Å². The highest BCUT2D eigenvalue weighted by Crippen LogP contribution is 2.16. The molecule has 3 nitrogen and oxygen atoms in total. The molecule has 14 heavy (non-hydrogen) atoms. The molecule has 0 aliphatic heterocycles. The minimum Gasteiger partial charge on any atom is -0.384 e. The van der Waals surface area contributed by atoms with Crippen molar-refractivity contribution in [1.82, 2.24) is 4.98 Å². The third-order valence-corrected chi connectivity index (χ3v) is 2.14. The van der Waals surface area contributed by atoms with E-state index in [1.165, 1.54) is 0 Å². The Morgan fingerprint density at radius 2 is 2.21 bits per heavy atom. The van der Waals surface area contributed by atoms with E-state index in [1.54, 1.807) is 6.20 Å². The third kappa shape index (κ3) is 1.33. The molecule has 0 radical (unpaired) electrons. The summed E-state index contributed by atoms with van der Waals surface area (Å²) in [5.74, 6) is 0.0620. The first kappa shape index (κ1) is 8.69. The van der Waals surface area contributed by atoms with Gasteiger partial charge in [0.25, 0.3) is 0 Å². The second-order valence-corrected chi connectivity index (χ2v) is 3.30. The highest BCUT2D eigenvalue weighted by atomic mass is 14.7. The minimum atomic E-state index is 0.0620. The van der Waals surface area contributed by atoms with Crippen molar-refractivity contribution in [3.05, 3.63) is 41.6 Å². The molecule has 0 saturated carbocycles. The molecule has 70 valence electrons. The Morgan fingerprint density at radius 3 is 2.93 bits per heavy atom. The third-order valence-electron chi connectivity index (χ3n) is 2.14. The van der Waals surface area contributed by atoms with Gasteiger partial charge >= 0.3 is 0 Å². The minimum absolute atomic E-state index is 0.0620. The molecule has 3 heteroatoms. The summed E-state index contributed by atoms with van der Waals surface area (Å²) in [6, 6.07) is 7.71. The van der Waals surface area contributed by atoms with Crippen molar-refractivity contribution in [2.45, 2.75) is 6.92 Å². The number of aryl methyl sites for hydroxylation is 1. The SMILES string of the molecule is Cc1cnc2c(C(=N)N)cccc2c1. The first-order chi connectivity index (χ1) is 6.68. The summed E-state index contributed by atoms with van der Waals surface area (Å²) in [4.78, 5) is 4.28. The first-order valence-corrected chi connectivity index (χ1v) is 4.38. The van der Waals surface area contributed by atoms with Crippen LogP contribution in [0.2, 0.25) is 0 Å². The van der Waals surface area contributed by atoms with Gasteiger partial charge in [0.05, 0.1) is 5.52 Å². The number of nitrogens with one attached hydrogen (secondary N) is 1. The Hall–Kier alpha value is -1.90. The van der Waals surface area contributed by atoms with E-state index in [-0.39, 0.29) is 5.84 Å². The van der Waals surface area contributed by atoms with Crippen molar-refractivity contribution >= 4 is 16.7 Å². The lowest BCUT2D eigenvalue weighted by atomic mass is 10.1. The van der Waals surface area contributed by atoms with Crippen LogP contribution in [0.4, 0.5) is 0 Å². The quantitative estimate of drug-likeness (QED) is 0.526. The van der Waals surface area contributed by atoms with Gasteiger partial charge in [0.1, 0.15) is 5.84 Å². The Labute approximate surface area is 82.1 Å². The Morgan fingerprint density at radius 1 is 1.43 bits per heavy atom. The zero-order valence-corrected chi connectivity index (χ0v) is 7.91. The van der Waals surface area contributed by atoms with Crippen LogP contribution in [0, 0.1) is 12.3 Å². The molecular formula is C11H11N3. The summed E-state index contributed by atoms with van der Waals surface area (Å²) in [7, 11) is 0. The molecule has 0 bridgehead atoms. The monoisotopic (exact) mass is 185 g/mol. The van der Waals surface area contributed by atoms with E-state index in [1.807, 2.05) is 31.2 Å². The topological polar surface area (TPSA) is 62.8 Å². The average Bonchev–Trinajstić information content (AvgIpc) is 2.16. The van der Waals surface area contributed by atoms with Crippen LogP contribution in [0.3, 0.4) is 0 Å². The van der Waals surface area contributed by atoms with Gasteiger partial charge in [0.15, 0.2) is 0 Å². The first-order valence-electron chi connectivity index (χ1n) is 4.38. The Balaban J connectivity index is 2.81. The number of para-hydroxylation sites is 1. The number of rotatable bonds is 1. The number of benzene rings is 1. The number of nitrogens with zero attached hydrogens (tertiary/aromatic N) is 1. The van der Waals surface area contributed by atoms with Crippen LogP contribution in [-0.2, 0) is 0 Å². The van der Waals surface area contributed by atoms with Crippen LogP contribution < -0.4 is 5.73 Å². The van der Waals surface area contributed by atoms with Gasteiger partial charge < -0.3 is 5.73 Å². The van der Waals surface area contributed by atoms with Crippen molar-refractivity contribution in [2.75, 3.05) is 0 Å². The van der Waals surface area contributed by atoms with Crippen LogP contribution >= 0.6 is 0 Å². The number of fused-ring (bicyclic) bond motifs is 1. The predicted octanol–water partition coefficient (Wildman–Crippen LogP) is 1.83. The number of aromatic nitrogens is 1. The molecule has 0 amide bonds.